The molecule has 2 atom stereocenters. The van der Waals surface area contributed by atoms with E-state index in [1.807, 2.05) is 0 Å². The van der Waals surface area contributed by atoms with Crippen LogP contribution in [0.3, 0.4) is 0 Å². The van der Waals surface area contributed by atoms with Gasteiger partial charge in [-0.2, -0.15) is 0 Å². The summed E-state index contributed by atoms with van der Waals surface area (Å²) in [5.74, 6) is -0.730. The van der Waals surface area contributed by atoms with Crippen molar-refractivity contribution in [1.82, 2.24) is 10.2 Å². The predicted octanol–water partition coefficient (Wildman–Crippen LogP) is 4.42. The van der Waals surface area contributed by atoms with Gasteiger partial charge in [-0.1, -0.05) is 31.9 Å². The van der Waals surface area contributed by atoms with E-state index < -0.39 is 11.6 Å². The maximum Gasteiger partial charge on any atom is 0.142 e. The minimum absolute atomic E-state index is 0. The van der Waals surface area contributed by atoms with Gasteiger partial charge in [0, 0.05) is 37.8 Å². The van der Waals surface area contributed by atoms with E-state index in [0.29, 0.717) is 5.56 Å². The Hall–Kier alpha value is -0.420. The van der Waals surface area contributed by atoms with Gasteiger partial charge in [0.15, 0.2) is 0 Å². The number of benzene rings is 1. The minimum atomic E-state index is -0.545. The molecule has 126 valence electrons. The normalized spacial score (nSPS) is 18.6. The highest BCUT2D eigenvalue weighted by atomic mass is 35.5. The minimum Gasteiger partial charge on any atom is -0.314 e. The first-order chi connectivity index (χ1) is 10.1. The molecule has 1 aliphatic rings. The van der Waals surface area contributed by atoms with Gasteiger partial charge >= 0.3 is 0 Å². The highest BCUT2D eigenvalue weighted by Gasteiger charge is 2.31. The Balaban J connectivity index is 0.00000242. The van der Waals surface area contributed by atoms with E-state index in [-0.39, 0.29) is 29.4 Å². The fourth-order valence-electron chi connectivity index (χ4n) is 3.21. The van der Waals surface area contributed by atoms with Gasteiger partial charge in [-0.3, -0.25) is 4.90 Å². The monoisotopic (exact) mass is 352 g/mol. The Morgan fingerprint density at radius 3 is 2.41 bits per heavy atom. The fourth-order valence-corrected chi connectivity index (χ4v) is 3.48. The summed E-state index contributed by atoms with van der Waals surface area (Å²) >= 11 is 6.10. The molecule has 0 aromatic heterocycles. The van der Waals surface area contributed by atoms with E-state index in [1.54, 1.807) is 0 Å². The third kappa shape index (κ3) is 4.31. The number of piperazine rings is 1. The molecule has 6 heteroatoms. The van der Waals surface area contributed by atoms with Crippen molar-refractivity contribution < 1.29 is 8.78 Å². The molecule has 1 saturated heterocycles. The summed E-state index contributed by atoms with van der Waals surface area (Å²) in [4.78, 5) is 2.22. The molecule has 1 unspecified atom stereocenters. The van der Waals surface area contributed by atoms with E-state index in [4.69, 9.17) is 11.6 Å². The maximum atomic E-state index is 14.3. The maximum absolute atomic E-state index is 14.3. The summed E-state index contributed by atoms with van der Waals surface area (Å²) in [6.07, 6.45) is 1.97. The molecular weight excluding hydrogens is 329 g/mol. The molecule has 1 aromatic rings. The van der Waals surface area contributed by atoms with E-state index >= 15 is 0 Å². The van der Waals surface area contributed by atoms with Crippen molar-refractivity contribution in [3.63, 3.8) is 0 Å². The van der Waals surface area contributed by atoms with Gasteiger partial charge in [0.05, 0.1) is 5.02 Å². The van der Waals surface area contributed by atoms with Crippen LogP contribution in [0, 0.1) is 17.6 Å². The SMILES string of the molecule is CCCC(C)[C@@H](c1c(F)ccc(F)c1Cl)N1CCNCC1.Cl. The summed E-state index contributed by atoms with van der Waals surface area (Å²) in [6.45, 7) is 7.58. The van der Waals surface area contributed by atoms with Gasteiger partial charge in [0.25, 0.3) is 0 Å². The third-order valence-corrected chi connectivity index (χ3v) is 4.59. The fraction of sp³-hybridized carbons (Fsp3) is 0.625. The van der Waals surface area contributed by atoms with Crippen LogP contribution in [0.25, 0.3) is 0 Å². The molecule has 22 heavy (non-hydrogen) atoms. The molecule has 2 rings (SSSR count). The van der Waals surface area contributed by atoms with Crippen molar-refractivity contribution in [2.75, 3.05) is 26.2 Å². The molecule has 1 heterocycles. The van der Waals surface area contributed by atoms with Gasteiger partial charge in [0.1, 0.15) is 11.6 Å². The molecular formula is C16H24Cl2F2N2. The molecule has 0 aliphatic carbocycles. The standard InChI is InChI=1S/C16H23ClF2N2.ClH/c1-3-4-11(2)16(21-9-7-20-8-10-21)14-12(18)5-6-13(19)15(14)17;/h5-6,11,16,20H,3-4,7-10H2,1-2H3;1H/t11?,16-;/m0./s1. The number of hydrogen-bond acceptors (Lipinski definition) is 2. The van der Waals surface area contributed by atoms with Crippen LogP contribution in [0.5, 0.6) is 0 Å². The molecule has 0 radical (unpaired) electrons. The second kappa shape index (κ2) is 9.02. The summed E-state index contributed by atoms with van der Waals surface area (Å²) < 4.78 is 28.1. The largest absolute Gasteiger partial charge is 0.314 e. The van der Waals surface area contributed by atoms with Gasteiger partial charge in [0.2, 0.25) is 0 Å². The topological polar surface area (TPSA) is 15.3 Å². The summed E-state index contributed by atoms with van der Waals surface area (Å²) in [5, 5.41) is 3.22. The van der Waals surface area contributed by atoms with Gasteiger partial charge in [-0.25, -0.2) is 8.78 Å². The van der Waals surface area contributed by atoms with Gasteiger partial charge < -0.3 is 5.32 Å². The lowest BCUT2D eigenvalue weighted by molar-refractivity contribution is 0.123. The first-order valence-electron chi connectivity index (χ1n) is 7.64. The van der Waals surface area contributed by atoms with Crippen LogP contribution in [-0.4, -0.2) is 31.1 Å². The van der Waals surface area contributed by atoms with Crippen molar-refractivity contribution in [1.29, 1.82) is 0 Å². The molecule has 0 amide bonds. The number of halogens is 4. The van der Waals surface area contributed by atoms with Crippen LogP contribution >= 0.6 is 24.0 Å². The number of rotatable bonds is 5. The Morgan fingerprint density at radius 2 is 1.82 bits per heavy atom. The first kappa shape index (κ1) is 19.6. The van der Waals surface area contributed by atoms with Crippen LogP contribution < -0.4 is 5.32 Å². The molecule has 0 spiro atoms. The van der Waals surface area contributed by atoms with Crippen LogP contribution in [0.4, 0.5) is 8.78 Å². The highest BCUT2D eigenvalue weighted by Crippen LogP contribution is 2.38. The van der Waals surface area contributed by atoms with Crippen LogP contribution in [-0.2, 0) is 0 Å². The van der Waals surface area contributed by atoms with E-state index in [2.05, 4.69) is 24.1 Å². The molecule has 1 aromatic carbocycles. The second-order valence-electron chi connectivity index (χ2n) is 5.75. The number of hydrogen-bond donors (Lipinski definition) is 1. The van der Waals surface area contributed by atoms with Gasteiger partial charge in [-0.05, 0) is 24.5 Å². The van der Waals surface area contributed by atoms with E-state index in [0.717, 1.165) is 45.1 Å². The predicted molar refractivity (Wildman–Crippen MR) is 89.9 cm³/mol. The van der Waals surface area contributed by atoms with E-state index in [9.17, 15) is 8.78 Å². The zero-order chi connectivity index (χ0) is 15.4. The Labute approximate surface area is 142 Å². The first-order valence-corrected chi connectivity index (χ1v) is 8.02. The van der Waals surface area contributed by atoms with Crippen LogP contribution in [0.2, 0.25) is 5.02 Å². The average molecular weight is 353 g/mol. The van der Waals surface area contributed by atoms with Crippen molar-refractivity contribution in [3.05, 3.63) is 34.4 Å². The Kier molecular flexibility index (Phi) is 8.04. The van der Waals surface area contributed by atoms with Crippen molar-refractivity contribution >= 4 is 24.0 Å². The smallest absolute Gasteiger partial charge is 0.142 e. The van der Waals surface area contributed by atoms with Crippen molar-refractivity contribution in [2.24, 2.45) is 5.92 Å². The van der Waals surface area contributed by atoms with Crippen molar-refractivity contribution in [2.45, 2.75) is 32.7 Å². The molecule has 1 N–H and O–H groups in total. The molecule has 1 aliphatic heterocycles. The van der Waals surface area contributed by atoms with Crippen LogP contribution in [0.15, 0.2) is 12.1 Å². The second-order valence-corrected chi connectivity index (χ2v) is 6.13. The Morgan fingerprint density at radius 1 is 1.23 bits per heavy atom. The average Bonchev–Trinajstić information content (AvgIpc) is 2.48. The van der Waals surface area contributed by atoms with Gasteiger partial charge in [-0.15, -0.1) is 12.4 Å². The molecule has 0 saturated carbocycles. The molecule has 0 bridgehead atoms. The van der Waals surface area contributed by atoms with Crippen molar-refractivity contribution in [3.8, 4) is 0 Å². The summed E-state index contributed by atoms with van der Waals surface area (Å²) in [7, 11) is 0. The number of nitrogens with one attached hydrogen (secondary N) is 1. The summed E-state index contributed by atoms with van der Waals surface area (Å²) in [5.41, 5.74) is 0.319. The van der Waals surface area contributed by atoms with E-state index in [1.165, 1.54) is 6.07 Å². The molecule has 2 nitrogen and oxygen atoms in total. The third-order valence-electron chi connectivity index (χ3n) is 4.20. The lowest BCUT2D eigenvalue weighted by atomic mass is 9.88. The zero-order valence-corrected chi connectivity index (χ0v) is 14.6. The molecule has 1 fully saturated rings. The zero-order valence-electron chi connectivity index (χ0n) is 13.0. The lowest BCUT2D eigenvalue weighted by Gasteiger charge is -2.39. The highest BCUT2D eigenvalue weighted by molar-refractivity contribution is 6.31. The number of nitrogens with zero attached hydrogens (tertiary/aromatic N) is 1. The quantitative estimate of drug-likeness (QED) is 0.789. The lowest BCUT2D eigenvalue weighted by Crippen LogP contribution is -2.47. The van der Waals surface area contributed by atoms with Crippen LogP contribution in [0.1, 0.15) is 38.3 Å². The Bertz CT molecular complexity index is 479. The summed E-state index contributed by atoms with van der Waals surface area (Å²) in [6, 6.07) is 2.11.